The molecule has 0 unspecified atom stereocenters. The molecule has 0 saturated carbocycles. The van der Waals surface area contributed by atoms with E-state index in [2.05, 4.69) is 4.98 Å². The molecule has 0 bridgehead atoms. The van der Waals surface area contributed by atoms with Crippen LogP contribution >= 0.6 is 11.8 Å². The average Bonchev–Trinajstić information content (AvgIpc) is 2.37. The van der Waals surface area contributed by atoms with E-state index < -0.39 is 11.7 Å². The first kappa shape index (κ1) is 12.6. The zero-order valence-electron chi connectivity index (χ0n) is 9.92. The summed E-state index contributed by atoms with van der Waals surface area (Å²) in [6.07, 6.45) is -2.59. The quantitative estimate of drug-likeness (QED) is 0.798. The van der Waals surface area contributed by atoms with Crippen LogP contribution in [-0.2, 0) is 12.6 Å². The minimum absolute atomic E-state index is 0.327. The number of fused-ring (bicyclic) bond motifs is 2. The van der Waals surface area contributed by atoms with E-state index in [1.165, 1.54) is 6.07 Å². The summed E-state index contributed by atoms with van der Waals surface area (Å²) >= 11 is 1.63. The molecule has 2 nitrogen and oxygen atoms in total. The predicted octanol–water partition coefficient (Wildman–Crippen LogP) is 3.87. The highest BCUT2D eigenvalue weighted by molar-refractivity contribution is 7.99. The van der Waals surface area contributed by atoms with E-state index in [-0.39, 0.29) is 0 Å². The van der Waals surface area contributed by atoms with Gasteiger partial charge in [-0.25, -0.2) is 0 Å². The first-order valence-electron chi connectivity index (χ1n) is 5.89. The van der Waals surface area contributed by atoms with Crippen molar-refractivity contribution in [1.29, 1.82) is 0 Å². The number of thioether (sulfide) groups is 1. The van der Waals surface area contributed by atoms with Crippen LogP contribution in [0, 0.1) is 0 Å². The zero-order chi connectivity index (χ0) is 13.6. The third kappa shape index (κ3) is 2.14. The second-order valence-corrected chi connectivity index (χ2v) is 5.59. The van der Waals surface area contributed by atoms with Crippen molar-refractivity contribution in [2.45, 2.75) is 23.9 Å². The van der Waals surface area contributed by atoms with Crippen molar-refractivity contribution < 1.29 is 13.2 Å². The van der Waals surface area contributed by atoms with Crippen LogP contribution in [0.1, 0.15) is 17.7 Å². The molecule has 19 heavy (non-hydrogen) atoms. The third-order valence-electron chi connectivity index (χ3n) is 3.18. The first-order valence-corrected chi connectivity index (χ1v) is 6.87. The van der Waals surface area contributed by atoms with Crippen LogP contribution in [0.5, 0.6) is 0 Å². The summed E-state index contributed by atoms with van der Waals surface area (Å²) in [6.45, 7) is 0. The van der Waals surface area contributed by atoms with Crippen LogP contribution in [0.2, 0.25) is 0 Å². The van der Waals surface area contributed by atoms with Crippen molar-refractivity contribution in [3.8, 4) is 0 Å². The van der Waals surface area contributed by atoms with E-state index in [9.17, 15) is 13.2 Å². The van der Waals surface area contributed by atoms with E-state index in [1.54, 1.807) is 11.8 Å². The van der Waals surface area contributed by atoms with Crippen LogP contribution < -0.4 is 5.73 Å². The van der Waals surface area contributed by atoms with Crippen LogP contribution in [0.4, 0.5) is 18.9 Å². The van der Waals surface area contributed by atoms with Crippen LogP contribution in [0.3, 0.4) is 0 Å². The number of aryl methyl sites for hydroxylation is 1. The van der Waals surface area contributed by atoms with E-state index in [0.717, 1.165) is 41.3 Å². The Kier molecular flexibility index (Phi) is 2.85. The summed E-state index contributed by atoms with van der Waals surface area (Å²) in [4.78, 5) is 5.28. The number of pyridine rings is 1. The molecular weight excluding hydrogens is 273 g/mol. The van der Waals surface area contributed by atoms with Gasteiger partial charge in [0.15, 0.2) is 0 Å². The van der Waals surface area contributed by atoms with Gasteiger partial charge in [0.2, 0.25) is 0 Å². The van der Waals surface area contributed by atoms with Gasteiger partial charge in [-0.05, 0) is 30.7 Å². The lowest BCUT2D eigenvalue weighted by molar-refractivity contribution is -0.137. The Labute approximate surface area is 112 Å². The monoisotopic (exact) mass is 284 g/mol. The summed E-state index contributed by atoms with van der Waals surface area (Å²) in [6, 6.07) is 3.54. The van der Waals surface area contributed by atoms with E-state index in [0.29, 0.717) is 16.6 Å². The number of hydrogen-bond acceptors (Lipinski definition) is 3. The van der Waals surface area contributed by atoms with E-state index >= 15 is 0 Å². The highest BCUT2D eigenvalue weighted by Gasteiger charge is 2.31. The number of benzene rings is 1. The van der Waals surface area contributed by atoms with Gasteiger partial charge in [0.25, 0.3) is 0 Å². The van der Waals surface area contributed by atoms with Gasteiger partial charge in [0, 0.05) is 5.39 Å². The number of nitrogen functional groups attached to an aromatic ring is 1. The van der Waals surface area contributed by atoms with Gasteiger partial charge in [0.1, 0.15) is 0 Å². The Balaban J connectivity index is 2.24. The van der Waals surface area contributed by atoms with Gasteiger partial charge < -0.3 is 5.73 Å². The lowest BCUT2D eigenvalue weighted by Gasteiger charge is -2.18. The fraction of sp³-hybridized carbons (Fsp3) is 0.308. The molecule has 1 aromatic carbocycles. The Bertz CT molecular complexity index is 652. The zero-order valence-corrected chi connectivity index (χ0v) is 10.7. The second-order valence-electron chi connectivity index (χ2n) is 4.48. The minimum atomic E-state index is -4.35. The van der Waals surface area contributed by atoms with Crippen molar-refractivity contribution in [3.63, 3.8) is 0 Å². The van der Waals surface area contributed by atoms with Crippen molar-refractivity contribution in [3.05, 3.63) is 29.5 Å². The highest BCUT2D eigenvalue weighted by atomic mass is 32.2. The molecule has 2 aromatic rings. The second kappa shape index (κ2) is 4.30. The normalized spacial score (nSPS) is 15.5. The molecule has 3 rings (SSSR count). The largest absolute Gasteiger partial charge is 0.416 e. The fourth-order valence-electron chi connectivity index (χ4n) is 2.25. The summed E-state index contributed by atoms with van der Waals surface area (Å²) in [5, 5.41) is 0.598. The molecule has 0 atom stereocenters. The number of alkyl halides is 3. The van der Waals surface area contributed by atoms with Crippen molar-refractivity contribution in [2.75, 3.05) is 11.5 Å². The summed E-state index contributed by atoms with van der Waals surface area (Å²) in [7, 11) is 0. The molecule has 1 aromatic heterocycles. The van der Waals surface area contributed by atoms with Gasteiger partial charge in [-0.1, -0.05) is 6.07 Å². The molecule has 2 heterocycles. The average molecular weight is 284 g/mol. The number of nitrogens with zero attached hydrogens (tertiary/aromatic N) is 1. The SMILES string of the molecule is Nc1c2c(nc3cc(C(F)(F)F)ccc13)CCCS2. The number of aromatic nitrogens is 1. The molecule has 0 fully saturated rings. The Morgan fingerprint density at radius 2 is 2.05 bits per heavy atom. The Hall–Kier alpha value is -1.43. The van der Waals surface area contributed by atoms with Crippen molar-refractivity contribution >= 4 is 28.4 Å². The summed E-state index contributed by atoms with van der Waals surface area (Å²) in [5.41, 5.74) is 7.07. The molecule has 0 radical (unpaired) electrons. The molecule has 0 saturated heterocycles. The van der Waals surface area contributed by atoms with Gasteiger partial charge in [-0.3, -0.25) is 4.98 Å². The van der Waals surface area contributed by atoms with Crippen LogP contribution in [0.25, 0.3) is 10.9 Å². The Morgan fingerprint density at radius 1 is 1.26 bits per heavy atom. The molecule has 2 N–H and O–H groups in total. The number of rotatable bonds is 0. The predicted molar refractivity (Wildman–Crippen MR) is 70.2 cm³/mol. The van der Waals surface area contributed by atoms with Crippen LogP contribution in [0.15, 0.2) is 23.1 Å². The maximum absolute atomic E-state index is 12.7. The Morgan fingerprint density at radius 3 is 2.79 bits per heavy atom. The van der Waals surface area contributed by atoms with Gasteiger partial charge in [0.05, 0.1) is 27.4 Å². The molecule has 6 heteroatoms. The molecular formula is C13H11F3N2S. The van der Waals surface area contributed by atoms with Crippen LogP contribution in [-0.4, -0.2) is 10.7 Å². The van der Waals surface area contributed by atoms with Gasteiger partial charge >= 0.3 is 6.18 Å². The topological polar surface area (TPSA) is 38.9 Å². The fourth-order valence-corrected chi connectivity index (χ4v) is 3.32. The van der Waals surface area contributed by atoms with E-state index in [1.807, 2.05) is 0 Å². The standard InChI is InChI=1S/C13H11F3N2S/c14-13(15,16)7-3-4-8-10(6-7)18-9-2-1-5-19-12(9)11(8)17/h3-4,6H,1-2,5H2,(H2,17,18). The smallest absolute Gasteiger partial charge is 0.397 e. The summed E-state index contributed by atoms with van der Waals surface area (Å²) < 4.78 is 38.1. The molecule has 0 spiro atoms. The highest BCUT2D eigenvalue weighted by Crippen LogP contribution is 2.39. The molecule has 1 aliphatic rings. The number of anilines is 1. The molecule has 0 amide bonds. The third-order valence-corrected chi connectivity index (χ3v) is 4.42. The minimum Gasteiger partial charge on any atom is -0.397 e. The van der Waals surface area contributed by atoms with Crippen molar-refractivity contribution in [1.82, 2.24) is 4.98 Å². The van der Waals surface area contributed by atoms with E-state index in [4.69, 9.17) is 5.73 Å². The molecule has 100 valence electrons. The maximum atomic E-state index is 12.7. The lowest BCUT2D eigenvalue weighted by Crippen LogP contribution is -2.08. The maximum Gasteiger partial charge on any atom is 0.416 e. The van der Waals surface area contributed by atoms with Gasteiger partial charge in [-0.15, -0.1) is 11.8 Å². The first-order chi connectivity index (χ1) is 8.97. The number of halogens is 3. The summed E-state index contributed by atoms with van der Waals surface area (Å²) in [5.74, 6) is 0.977. The van der Waals surface area contributed by atoms with Crippen molar-refractivity contribution in [2.24, 2.45) is 0 Å². The molecule has 0 aliphatic carbocycles. The lowest BCUT2D eigenvalue weighted by atomic mass is 10.1. The molecule has 1 aliphatic heterocycles. The number of nitrogens with two attached hydrogens (primary N) is 1. The van der Waals surface area contributed by atoms with Gasteiger partial charge in [-0.2, -0.15) is 13.2 Å². The number of hydrogen-bond donors (Lipinski definition) is 1.